The SMILES string of the molecule is CC(C)n1c(=O)c2cc(O)c3ccccc3c2n1C. The Morgan fingerprint density at radius 1 is 1.11 bits per heavy atom. The van der Waals surface area contributed by atoms with Crippen molar-refractivity contribution in [2.45, 2.75) is 19.9 Å². The van der Waals surface area contributed by atoms with Crippen molar-refractivity contribution in [2.75, 3.05) is 0 Å². The number of hydrogen-bond acceptors (Lipinski definition) is 2. The molecule has 0 saturated carbocycles. The number of benzene rings is 2. The first-order chi connectivity index (χ1) is 9.02. The second-order valence-corrected chi connectivity index (χ2v) is 5.10. The highest BCUT2D eigenvalue weighted by Gasteiger charge is 2.17. The molecule has 0 fully saturated rings. The molecule has 0 unspecified atom stereocenters. The topological polar surface area (TPSA) is 47.2 Å². The van der Waals surface area contributed by atoms with E-state index in [0.717, 1.165) is 16.3 Å². The first kappa shape index (κ1) is 11.8. The number of phenolic OH excluding ortho intramolecular Hbond substituents is 1. The number of aromatic hydroxyl groups is 1. The molecule has 0 radical (unpaired) electrons. The van der Waals surface area contributed by atoms with Gasteiger partial charge in [-0.1, -0.05) is 24.3 Å². The van der Waals surface area contributed by atoms with Gasteiger partial charge in [-0.05, 0) is 19.9 Å². The van der Waals surface area contributed by atoms with Crippen LogP contribution in [0.15, 0.2) is 35.1 Å². The number of aryl methyl sites for hydroxylation is 1. The maximum absolute atomic E-state index is 12.4. The molecule has 0 saturated heterocycles. The van der Waals surface area contributed by atoms with Crippen LogP contribution < -0.4 is 5.56 Å². The minimum Gasteiger partial charge on any atom is -0.507 e. The molecule has 0 aliphatic carbocycles. The number of nitrogens with zero attached hydrogens (tertiary/aromatic N) is 2. The van der Waals surface area contributed by atoms with Gasteiger partial charge < -0.3 is 5.11 Å². The van der Waals surface area contributed by atoms with Crippen LogP contribution in [0.4, 0.5) is 0 Å². The van der Waals surface area contributed by atoms with E-state index in [1.54, 1.807) is 10.7 Å². The molecule has 1 heterocycles. The van der Waals surface area contributed by atoms with E-state index in [0.29, 0.717) is 5.39 Å². The molecule has 3 rings (SSSR count). The van der Waals surface area contributed by atoms with Crippen LogP contribution in [0.5, 0.6) is 5.75 Å². The van der Waals surface area contributed by atoms with Crippen LogP contribution in [0.2, 0.25) is 0 Å². The molecule has 0 atom stereocenters. The predicted molar refractivity (Wildman–Crippen MR) is 76.7 cm³/mol. The largest absolute Gasteiger partial charge is 0.507 e. The lowest BCUT2D eigenvalue weighted by molar-refractivity contribution is 0.447. The van der Waals surface area contributed by atoms with E-state index >= 15 is 0 Å². The average molecular weight is 256 g/mol. The lowest BCUT2D eigenvalue weighted by atomic mass is 10.1. The van der Waals surface area contributed by atoms with Crippen molar-refractivity contribution in [2.24, 2.45) is 7.05 Å². The Morgan fingerprint density at radius 3 is 2.37 bits per heavy atom. The Bertz CT molecular complexity index is 841. The van der Waals surface area contributed by atoms with Crippen LogP contribution in [-0.4, -0.2) is 14.5 Å². The summed E-state index contributed by atoms with van der Waals surface area (Å²) in [6.07, 6.45) is 0. The van der Waals surface area contributed by atoms with Crippen LogP contribution >= 0.6 is 0 Å². The molecule has 0 aliphatic rings. The van der Waals surface area contributed by atoms with Gasteiger partial charge in [-0.25, -0.2) is 4.68 Å². The van der Waals surface area contributed by atoms with E-state index in [2.05, 4.69) is 0 Å². The molecule has 98 valence electrons. The van der Waals surface area contributed by atoms with Crippen molar-refractivity contribution in [3.8, 4) is 5.75 Å². The summed E-state index contributed by atoms with van der Waals surface area (Å²) in [7, 11) is 1.88. The molecule has 19 heavy (non-hydrogen) atoms. The maximum atomic E-state index is 12.4. The van der Waals surface area contributed by atoms with Gasteiger partial charge in [0.25, 0.3) is 5.56 Å². The fraction of sp³-hybridized carbons (Fsp3) is 0.267. The molecule has 0 spiro atoms. The molecule has 0 bridgehead atoms. The van der Waals surface area contributed by atoms with E-state index in [1.807, 2.05) is 49.8 Å². The van der Waals surface area contributed by atoms with Crippen LogP contribution in [0.25, 0.3) is 21.7 Å². The highest BCUT2D eigenvalue weighted by molar-refractivity contribution is 6.08. The molecule has 2 aromatic carbocycles. The molecule has 4 nitrogen and oxygen atoms in total. The standard InChI is InChI=1S/C15H16N2O2/c1-9(2)17-15(19)12-8-13(18)10-6-4-5-7-11(10)14(12)16(17)3/h4-9,18H,1-3H3. The van der Waals surface area contributed by atoms with Crippen LogP contribution in [0.1, 0.15) is 19.9 Å². The number of fused-ring (bicyclic) bond motifs is 3. The number of rotatable bonds is 1. The van der Waals surface area contributed by atoms with Gasteiger partial charge in [0.15, 0.2) is 0 Å². The van der Waals surface area contributed by atoms with Crippen molar-refractivity contribution in [1.82, 2.24) is 9.36 Å². The summed E-state index contributed by atoms with van der Waals surface area (Å²) in [4.78, 5) is 12.4. The van der Waals surface area contributed by atoms with Gasteiger partial charge in [0, 0.05) is 23.9 Å². The van der Waals surface area contributed by atoms with Crippen molar-refractivity contribution in [3.05, 3.63) is 40.7 Å². The molecule has 4 heteroatoms. The highest BCUT2D eigenvalue weighted by Crippen LogP contribution is 2.31. The minimum atomic E-state index is -0.0615. The Morgan fingerprint density at radius 2 is 1.74 bits per heavy atom. The Hall–Kier alpha value is -2.23. The third kappa shape index (κ3) is 1.49. The van der Waals surface area contributed by atoms with E-state index < -0.39 is 0 Å². The smallest absolute Gasteiger partial charge is 0.274 e. The third-order valence-electron chi connectivity index (χ3n) is 3.57. The van der Waals surface area contributed by atoms with Gasteiger partial charge >= 0.3 is 0 Å². The van der Waals surface area contributed by atoms with Gasteiger partial charge in [-0.3, -0.25) is 9.48 Å². The molecule has 3 aromatic rings. The summed E-state index contributed by atoms with van der Waals surface area (Å²) < 4.78 is 3.58. The van der Waals surface area contributed by atoms with Gasteiger partial charge in [0.1, 0.15) is 5.75 Å². The van der Waals surface area contributed by atoms with Crippen LogP contribution in [-0.2, 0) is 7.05 Å². The monoisotopic (exact) mass is 256 g/mol. The summed E-state index contributed by atoms with van der Waals surface area (Å²) in [6, 6.07) is 9.23. The van der Waals surface area contributed by atoms with Gasteiger partial charge in [0.05, 0.1) is 10.9 Å². The second-order valence-electron chi connectivity index (χ2n) is 5.10. The quantitative estimate of drug-likeness (QED) is 0.727. The summed E-state index contributed by atoms with van der Waals surface area (Å²) >= 11 is 0. The highest BCUT2D eigenvalue weighted by atomic mass is 16.3. The minimum absolute atomic E-state index is 0.0615. The van der Waals surface area contributed by atoms with Crippen molar-refractivity contribution >= 4 is 21.7 Å². The van der Waals surface area contributed by atoms with E-state index in [1.165, 1.54) is 0 Å². The van der Waals surface area contributed by atoms with E-state index in [9.17, 15) is 9.90 Å². The van der Waals surface area contributed by atoms with Crippen LogP contribution in [0.3, 0.4) is 0 Å². The van der Waals surface area contributed by atoms with Crippen molar-refractivity contribution in [1.29, 1.82) is 0 Å². The first-order valence-corrected chi connectivity index (χ1v) is 6.34. The predicted octanol–water partition coefficient (Wildman–Crippen LogP) is 2.78. The third-order valence-corrected chi connectivity index (χ3v) is 3.57. The van der Waals surface area contributed by atoms with Crippen molar-refractivity contribution in [3.63, 3.8) is 0 Å². The maximum Gasteiger partial charge on any atom is 0.274 e. The zero-order chi connectivity index (χ0) is 13.7. The number of hydrogen-bond donors (Lipinski definition) is 1. The lowest BCUT2D eigenvalue weighted by Crippen LogP contribution is -2.23. The Labute approximate surface area is 110 Å². The molecule has 1 aromatic heterocycles. The summed E-state index contributed by atoms with van der Waals surface area (Å²) in [6.45, 7) is 3.95. The van der Waals surface area contributed by atoms with E-state index in [-0.39, 0.29) is 17.4 Å². The zero-order valence-corrected chi connectivity index (χ0v) is 11.2. The van der Waals surface area contributed by atoms with Gasteiger partial charge in [0.2, 0.25) is 0 Å². The summed E-state index contributed by atoms with van der Waals surface area (Å²) in [5, 5.41) is 12.3. The number of phenols is 1. The molecule has 1 N–H and O–H groups in total. The summed E-state index contributed by atoms with van der Waals surface area (Å²) in [5.41, 5.74) is 0.806. The van der Waals surface area contributed by atoms with E-state index in [4.69, 9.17) is 0 Å². The molecular weight excluding hydrogens is 240 g/mol. The fourth-order valence-corrected chi connectivity index (χ4v) is 2.80. The molecular formula is C15H16N2O2. The molecule has 0 aliphatic heterocycles. The van der Waals surface area contributed by atoms with Crippen molar-refractivity contribution < 1.29 is 5.11 Å². The Kier molecular flexibility index (Phi) is 2.42. The Balaban J connectivity index is 2.64. The van der Waals surface area contributed by atoms with Crippen LogP contribution in [0, 0.1) is 0 Å². The number of aromatic nitrogens is 2. The zero-order valence-electron chi connectivity index (χ0n) is 11.2. The first-order valence-electron chi connectivity index (χ1n) is 6.34. The molecule has 0 amide bonds. The fourth-order valence-electron chi connectivity index (χ4n) is 2.80. The second kappa shape index (κ2) is 3.88. The van der Waals surface area contributed by atoms with Gasteiger partial charge in [-0.2, -0.15) is 0 Å². The van der Waals surface area contributed by atoms with Gasteiger partial charge in [-0.15, -0.1) is 0 Å². The normalized spacial score (nSPS) is 11.8. The summed E-state index contributed by atoms with van der Waals surface area (Å²) in [5.74, 6) is 0.154. The average Bonchev–Trinajstić information content (AvgIpc) is 2.62. The lowest BCUT2D eigenvalue weighted by Gasteiger charge is -2.11.